The van der Waals surface area contributed by atoms with Gasteiger partial charge in [-0.1, -0.05) is 69.0 Å². The molecule has 7 nitrogen and oxygen atoms in total. The van der Waals surface area contributed by atoms with Gasteiger partial charge in [-0.25, -0.2) is 8.42 Å². The van der Waals surface area contributed by atoms with Gasteiger partial charge >= 0.3 is 0 Å². The molecule has 38 heavy (non-hydrogen) atoms. The third kappa shape index (κ3) is 7.28. The van der Waals surface area contributed by atoms with Crippen LogP contribution in [0.1, 0.15) is 25.0 Å². The van der Waals surface area contributed by atoms with E-state index in [1.54, 1.807) is 26.0 Å². The van der Waals surface area contributed by atoms with Crippen molar-refractivity contribution in [1.82, 2.24) is 10.2 Å². The number of nitrogens with zero attached hydrogens (tertiary/aromatic N) is 2. The predicted octanol–water partition coefficient (Wildman–Crippen LogP) is 5.81. The van der Waals surface area contributed by atoms with Gasteiger partial charge < -0.3 is 10.2 Å². The van der Waals surface area contributed by atoms with Gasteiger partial charge in [-0.2, -0.15) is 0 Å². The summed E-state index contributed by atoms with van der Waals surface area (Å²) in [5.41, 5.74) is 1.71. The summed E-state index contributed by atoms with van der Waals surface area (Å²) in [5, 5.41) is 3.09. The zero-order valence-corrected chi connectivity index (χ0v) is 25.0. The molecular formula is C27H28BrCl2N3O4S. The van der Waals surface area contributed by atoms with Gasteiger partial charge in [-0.05, 0) is 68.8 Å². The first-order valence-electron chi connectivity index (χ1n) is 11.8. The fourth-order valence-corrected chi connectivity index (χ4v) is 5.84. The van der Waals surface area contributed by atoms with Crippen molar-refractivity contribution < 1.29 is 18.0 Å². The van der Waals surface area contributed by atoms with Gasteiger partial charge in [0.1, 0.15) is 12.6 Å². The van der Waals surface area contributed by atoms with Crippen molar-refractivity contribution in [2.45, 2.75) is 38.3 Å². The highest BCUT2D eigenvalue weighted by atomic mass is 79.9. The number of rotatable bonds is 10. The molecule has 0 aliphatic rings. The minimum Gasteiger partial charge on any atom is -0.355 e. The third-order valence-corrected chi connectivity index (χ3v) is 8.71. The fourth-order valence-electron chi connectivity index (χ4n) is 3.72. The molecule has 0 aliphatic carbocycles. The second-order valence-electron chi connectivity index (χ2n) is 8.64. The van der Waals surface area contributed by atoms with Crippen LogP contribution in [0.15, 0.2) is 76.1 Å². The molecule has 0 bridgehead atoms. The Balaban J connectivity index is 2.07. The van der Waals surface area contributed by atoms with E-state index in [-0.39, 0.29) is 33.1 Å². The Morgan fingerprint density at radius 2 is 1.63 bits per heavy atom. The van der Waals surface area contributed by atoms with Crippen LogP contribution < -0.4 is 9.62 Å². The Morgan fingerprint density at radius 3 is 2.24 bits per heavy atom. The monoisotopic (exact) mass is 639 g/mol. The first kappa shape index (κ1) is 30.0. The molecule has 0 spiro atoms. The SMILES string of the molecule is CCNC(=O)[C@H](C)N(Cc1ccc(Br)cc1)C(=O)CN(c1cc(Cl)ccc1Cl)S(=O)(=O)c1ccc(C)cc1. The smallest absolute Gasteiger partial charge is 0.264 e. The van der Waals surface area contributed by atoms with Gasteiger partial charge in [0.05, 0.1) is 15.6 Å². The molecule has 1 atom stereocenters. The van der Waals surface area contributed by atoms with Crippen LogP contribution in [0, 0.1) is 6.92 Å². The molecule has 0 unspecified atom stereocenters. The zero-order valence-electron chi connectivity index (χ0n) is 21.1. The Hall–Kier alpha value is -2.59. The molecule has 0 heterocycles. The van der Waals surface area contributed by atoms with Crippen LogP contribution in [0.2, 0.25) is 10.0 Å². The number of sulfonamides is 1. The van der Waals surface area contributed by atoms with Crippen molar-refractivity contribution >= 4 is 66.7 Å². The maximum absolute atomic E-state index is 13.8. The summed E-state index contributed by atoms with van der Waals surface area (Å²) in [6.07, 6.45) is 0. The van der Waals surface area contributed by atoms with E-state index in [2.05, 4.69) is 21.2 Å². The van der Waals surface area contributed by atoms with Crippen molar-refractivity contribution in [2.75, 3.05) is 17.4 Å². The van der Waals surface area contributed by atoms with Crippen molar-refractivity contribution in [3.8, 4) is 0 Å². The van der Waals surface area contributed by atoms with E-state index in [1.165, 1.54) is 35.2 Å². The van der Waals surface area contributed by atoms with Crippen LogP contribution in [-0.4, -0.2) is 44.3 Å². The first-order chi connectivity index (χ1) is 17.9. The second-order valence-corrected chi connectivity index (χ2v) is 12.3. The van der Waals surface area contributed by atoms with Gasteiger partial charge in [-0.15, -0.1) is 0 Å². The number of carbonyl (C=O) groups is 2. The summed E-state index contributed by atoms with van der Waals surface area (Å²) in [7, 11) is -4.24. The Morgan fingerprint density at radius 1 is 1.00 bits per heavy atom. The van der Waals surface area contributed by atoms with E-state index in [4.69, 9.17) is 23.2 Å². The number of aryl methyl sites for hydroxylation is 1. The van der Waals surface area contributed by atoms with Crippen LogP contribution in [0.25, 0.3) is 0 Å². The maximum atomic E-state index is 13.8. The molecular weight excluding hydrogens is 613 g/mol. The van der Waals surface area contributed by atoms with Gasteiger partial charge in [0.25, 0.3) is 10.0 Å². The highest BCUT2D eigenvalue weighted by Crippen LogP contribution is 2.33. The molecule has 0 aromatic heterocycles. The lowest BCUT2D eigenvalue weighted by molar-refractivity contribution is -0.139. The largest absolute Gasteiger partial charge is 0.355 e. The van der Waals surface area contributed by atoms with Crippen molar-refractivity contribution in [1.29, 1.82) is 0 Å². The lowest BCUT2D eigenvalue weighted by Gasteiger charge is -2.32. The number of benzene rings is 3. The third-order valence-electron chi connectivity index (χ3n) is 5.85. The summed E-state index contributed by atoms with van der Waals surface area (Å²) in [6.45, 7) is 5.10. The number of halogens is 3. The summed E-state index contributed by atoms with van der Waals surface area (Å²) in [5.74, 6) is -0.940. The number of likely N-dealkylation sites (N-methyl/N-ethyl adjacent to an activating group) is 1. The van der Waals surface area contributed by atoms with Crippen LogP contribution in [-0.2, 0) is 26.2 Å². The van der Waals surface area contributed by atoms with E-state index in [0.29, 0.717) is 6.54 Å². The lowest BCUT2D eigenvalue weighted by atomic mass is 10.1. The fraction of sp³-hybridized carbons (Fsp3) is 0.259. The summed E-state index contributed by atoms with van der Waals surface area (Å²) >= 11 is 16.0. The summed E-state index contributed by atoms with van der Waals surface area (Å²) in [6, 6.07) is 17.1. The Labute approximate surface area is 241 Å². The normalized spacial score (nSPS) is 12.1. The molecule has 0 radical (unpaired) electrons. The van der Waals surface area contributed by atoms with Crippen LogP contribution >= 0.6 is 39.1 Å². The predicted molar refractivity (Wildman–Crippen MR) is 155 cm³/mol. The summed E-state index contributed by atoms with van der Waals surface area (Å²) < 4.78 is 29.5. The highest BCUT2D eigenvalue weighted by molar-refractivity contribution is 9.10. The number of anilines is 1. The number of hydrogen-bond donors (Lipinski definition) is 1. The van der Waals surface area contributed by atoms with Crippen LogP contribution in [0.5, 0.6) is 0 Å². The molecule has 0 fully saturated rings. The van der Waals surface area contributed by atoms with E-state index < -0.39 is 28.5 Å². The average Bonchev–Trinajstić information content (AvgIpc) is 2.88. The topological polar surface area (TPSA) is 86.8 Å². The van der Waals surface area contributed by atoms with Gasteiger partial charge in [0.2, 0.25) is 11.8 Å². The maximum Gasteiger partial charge on any atom is 0.264 e. The molecule has 3 aromatic carbocycles. The first-order valence-corrected chi connectivity index (χ1v) is 14.8. The number of carbonyl (C=O) groups excluding carboxylic acids is 2. The standard InChI is InChI=1S/C27H28BrCl2N3O4S/c1-4-31-27(35)19(3)32(16-20-7-9-21(28)10-8-20)26(34)17-33(25-15-22(29)11-14-24(25)30)38(36,37)23-12-5-18(2)6-13-23/h5-15,19H,4,16-17H2,1-3H3,(H,31,35)/t19-/m0/s1. The minimum atomic E-state index is -4.24. The average molecular weight is 641 g/mol. The molecule has 1 N–H and O–H groups in total. The van der Waals surface area contributed by atoms with Crippen molar-refractivity contribution in [3.05, 3.63) is 92.4 Å². The number of amides is 2. The van der Waals surface area contributed by atoms with Crippen LogP contribution in [0.4, 0.5) is 5.69 Å². The van der Waals surface area contributed by atoms with Gasteiger partial charge in [0.15, 0.2) is 0 Å². The quantitative estimate of drug-likeness (QED) is 0.303. The molecule has 11 heteroatoms. The molecule has 202 valence electrons. The van der Waals surface area contributed by atoms with Crippen LogP contribution in [0.3, 0.4) is 0 Å². The lowest BCUT2D eigenvalue weighted by Crippen LogP contribution is -2.51. The highest BCUT2D eigenvalue weighted by Gasteiger charge is 2.33. The van der Waals surface area contributed by atoms with E-state index in [9.17, 15) is 18.0 Å². The van der Waals surface area contributed by atoms with Crippen molar-refractivity contribution in [3.63, 3.8) is 0 Å². The van der Waals surface area contributed by atoms with E-state index in [0.717, 1.165) is 19.9 Å². The molecule has 0 saturated heterocycles. The van der Waals surface area contributed by atoms with Gasteiger partial charge in [-0.3, -0.25) is 13.9 Å². The molecule has 3 rings (SSSR count). The Bertz CT molecular complexity index is 1400. The number of nitrogens with one attached hydrogen (secondary N) is 1. The Kier molecular flexibility index (Phi) is 10.2. The zero-order chi connectivity index (χ0) is 28.0. The van der Waals surface area contributed by atoms with E-state index in [1.807, 2.05) is 31.2 Å². The molecule has 2 amide bonds. The van der Waals surface area contributed by atoms with Gasteiger partial charge in [0, 0.05) is 22.6 Å². The molecule has 3 aromatic rings. The van der Waals surface area contributed by atoms with E-state index >= 15 is 0 Å². The molecule has 0 aliphatic heterocycles. The summed E-state index contributed by atoms with van der Waals surface area (Å²) in [4.78, 5) is 27.9. The van der Waals surface area contributed by atoms with Crippen molar-refractivity contribution in [2.24, 2.45) is 0 Å². The second kappa shape index (κ2) is 13.0. The molecule has 0 saturated carbocycles. The minimum absolute atomic E-state index is 0.0109. The number of hydrogen-bond acceptors (Lipinski definition) is 4.